The Bertz CT molecular complexity index is 145. The minimum Gasteiger partial charge on any atom is -0.384 e. The van der Waals surface area contributed by atoms with Crippen LogP contribution in [0.3, 0.4) is 0 Å². The third-order valence-corrected chi connectivity index (χ3v) is 1.14. The number of hydrogen-bond donors (Lipinski definition) is 2. The molecule has 0 saturated heterocycles. The topological polar surface area (TPSA) is 40.5 Å². The lowest BCUT2D eigenvalue weighted by atomic mass is 9.90. The summed E-state index contributed by atoms with van der Waals surface area (Å²) in [6.45, 7) is 5.49. The van der Waals surface area contributed by atoms with Gasteiger partial charge in [-0.15, -0.1) is 0 Å². The molecule has 10 heavy (non-hydrogen) atoms. The van der Waals surface area contributed by atoms with Crippen molar-refractivity contribution in [2.45, 2.75) is 26.9 Å². The Morgan fingerprint density at radius 3 is 2.20 bits per heavy atom. The average Bonchev–Trinajstić information content (AvgIpc) is 1.80. The molecule has 0 aliphatic rings. The van der Waals surface area contributed by atoms with Crippen molar-refractivity contribution >= 4 is 0 Å². The highest BCUT2D eigenvalue weighted by Gasteiger charge is 2.19. The molecule has 0 saturated carbocycles. The molecule has 0 fully saturated rings. The summed E-state index contributed by atoms with van der Waals surface area (Å²) in [5.41, 5.74) is -0.220. The monoisotopic (exact) mass is 142 g/mol. The molecule has 0 bridgehead atoms. The van der Waals surface area contributed by atoms with E-state index in [0.29, 0.717) is 0 Å². The van der Waals surface area contributed by atoms with E-state index < -0.39 is 6.10 Å². The predicted octanol–water partition coefficient (Wildman–Crippen LogP) is 0.389. The molecule has 2 N–H and O–H groups in total. The maximum atomic E-state index is 9.23. The first-order valence-electron chi connectivity index (χ1n) is 3.26. The largest absolute Gasteiger partial charge is 0.384 e. The second-order valence-electron chi connectivity index (χ2n) is 3.25. The van der Waals surface area contributed by atoms with Crippen LogP contribution in [0.1, 0.15) is 20.8 Å². The lowest BCUT2D eigenvalue weighted by molar-refractivity contribution is 0.113. The Morgan fingerprint density at radius 1 is 1.40 bits per heavy atom. The van der Waals surface area contributed by atoms with Gasteiger partial charge in [-0.2, -0.15) is 0 Å². The standard InChI is InChI=1S/C8H14O2/c1-8(2,3)7(10)5-4-6-9/h7,9-10H,6H2,1-3H3/t7-/m0/s1. The zero-order valence-electron chi connectivity index (χ0n) is 6.68. The molecule has 0 heterocycles. The quantitative estimate of drug-likeness (QED) is 0.480. The second kappa shape index (κ2) is 3.60. The fraction of sp³-hybridized carbons (Fsp3) is 0.750. The van der Waals surface area contributed by atoms with Gasteiger partial charge in [0, 0.05) is 0 Å². The molecular formula is C8H14O2. The first-order chi connectivity index (χ1) is 4.48. The van der Waals surface area contributed by atoms with Crippen LogP contribution in [0.2, 0.25) is 0 Å². The summed E-state index contributed by atoms with van der Waals surface area (Å²) in [6.07, 6.45) is -0.653. The van der Waals surface area contributed by atoms with E-state index in [2.05, 4.69) is 11.8 Å². The van der Waals surface area contributed by atoms with Crippen LogP contribution in [-0.4, -0.2) is 22.9 Å². The number of aliphatic hydroxyl groups excluding tert-OH is 2. The van der Waals surface area contributed by atoms with Gasteiger partial charge in [-0.05, 0) is 5.41 Å². The van der Waals surface area contributed by atoms with Crippen molar-refractivity contribution in [1.82, 2.24) is 0 Å². The van der Waals surface area contributed by atoms with Crippen molar-refractivity contribution in [2.24, 2.45) is 5.41 Å². The van der Waals surface area contributed by atoms with Crippen LogP contribution in [0.25, 0.3) is 0 Å². The molecular weight excluding hydrogens is 128 g/mol. The summed E-state index contributed by atoms with van der Waals surface area (Å²) >= 11 is 0. The van der Waals surface area contributed by atoms with Gasteiger partial charge in [0.1, 0.15) is 12.7 Å². The summed E-state index contributed by atoms with van der Waals surface area (Å²) in [7, 11) is 0. The van der Waals surface area contributed by atoms with Gasteiger partial charge in [0.05, 0.1) is 0 Å². The van der Waals surface area contributed by atoms with Gasteiger partial charge < -0.3 is 10.2 Å². The third kappa shape index (κ3) is 3.49. The second-order valence-corrected chi connectivity index (χ2v) is 3.25. The molecule has 0 unspecified atom stereocenters. The smallest absolute Gasteiger partial charge is 0.119 e. The molecule has 58 valence electrons. The molecule has 0 aromatic carbocycles. The molecule has 0 spiro atoms. The van der Waals surface area contributed by atoms with Gasteiger partial charge in [0.15, 0.2) is 0 Å². The van der Waals surface area contributed by atoms with Crippen LogP contribution in [0.15, 0.2) is 0 Å². The lowest BCUT2D eigenvalue weighted by Crippen LogP contribution is -2.24. The lowest BCUT2D eigenvalue weighted by Gasteiger charge is -2.20. The minimum absolute atomic E-state index is 0.187. The molecule has 0 radical (unpaired) electrons. The van der Waals surface area contributed by atoms with E-state index in [9.17, 15) is 5.11 Å². The predicted molar refractivity (Wildman–Crippen MR) is 40.3 cm³/mol. The van der Waals surface area contributed by atoms with E-state index in [4.69, 9.17) is 5.11 Å². The van der Waals surface area contributed by atoms with Crippen molar-refractivity contribution in [3.05, 3.63) is 0 Å². The Labute approximate surface area is 61.9 Å². The van der Waals surface area contributed by atoms with Crippen LogP contribution in [0, 0.1) is 17.3 Å². The van der Waals surface area contributed by atoms with Crippen LogP contribution in [-0.2, 0) is 0 Å². The van der Waals surface area contributed by atoms with Gasteiger partial charge >= 0.3 is 0 Å². The molecule has 0 aromatic rings. The van der Waals surface area contributed by atoms with Crippen LogP contribution in [0.5, 0.6) is 0 Å². The molecule has 2 heteroatoms. The maximum Gasteiger partial charge on any atom is 0.119 e. The molecule has 2 nitrogen and oxygen atoms in total. The van der Waals surface area contributed by atoms with E-state index in [0.717, 1.165) is 0 Å². The Hall–Kier alpha value is -0.520. The van der Waals surface area contributed by atoms with E-state index >= 15 is 0 Å². The van der Waals surface area contributed by atoms with E-state index in [1.54, 1.807) is 0 Å². The Kier molecular flexibility index (Phi) is 3.41. The molecule has 0 rings (SSSR count). The van der Waals surface area contributed by atoms with E-state index in [-0.39, 0.29) is 12.0 Å². The fourth-order valence-corrected chi connectivity index (χ4v) is 0.359. The Balaban J connectivity index is 3.97. The van der Waals surface area contributed by atoms with Gasteiger partial charge in [-0.1, -0.05) is 32.6 Å². The molecule has 0 aromatic heterocycles. The summed E-state index contributed by atoms with van der Waals surface area (Å²) in [6, 6.07) is 0. The zero-order chi connectivity index (χ0) is 8.20. The first kappa shape index (κ1) is 9.48. The van der Waals surface area contributed by atoms with Crippen molar-refractivity contribution in [3.8, 4) is 11.8 Å². The summed E-state index contributed by atoms with van der Waals surface area (Å²) in [5.74, 6) is 4.94. The van der Waals surface area contributed by atoms with Crippen LogP contribution >= 0.6 is 0 Å². The van der Waals surface area contributed by atoms with Crippen molar-refractivity contribution < 1.29 is 10.2 Å². The minimum atomic E-state index is -0.653. The van der Waals surface area contributed by atoms with Gasteiger partial charge in [-0.25, -0.2) is 0 Å². The number of aliphatic hydroxyl groups is 2. The highest BCUT2D eigenvalue weighted by atomic mass is 16.3. The molecule has 0 amide bonds. The molecule has 0 aliphatic carbocycles. The summed E-state index contributed by atoms with van der Waals surface area (Å²) in [5, 5.41) is 17.5. The van der Waals surface area contributed by atoms with Crippen LogP contribution < -0.4 is 0 Å². The first-order valence-corrected chi connectivity index (χ1v) is 3.26. The van der Waals surface area contributed by atoms with Gasteiger partial charge in [0.2, 0.25) is 0 Å². The van der Waals surface area contributed by atoms with Crippen molar-refractivity contribution in [1.29, 1.82) is 0 Å². The fourth-order valence-electron chi connectivity index (χ4n) is 0.359. The SMILES string of the molecule is CC(C)(C)[C@@H](O)C#CCO. The van der Waals surface area contributed by atoms with Gasteiger partial charge in [-0.3, -0.25) is 0 Å². The average molecular weight is 142 g/mol. The van der Waals surface area contributed by atoms with E-state index in [1.165, 1.54) is 0 Å². The highest BCUT2D eigenvalue weighted by Crippen LogP contribution is 2.17. The van der Waals surface area contributed by atoms with Gasteiger partial charge in [0.25, 0.3) is 0 Å². The van der Waals surface area contributed by atoms with Crippen molar-refractivity contribution in [3.63, 3.8) is 0 Å². The third-order valence-electron chi connectivity index (χ3n) is 1.14. The van der Waals surface area contributed by atoms with Crippen LogP contribution in [0.4, 0.5) is 0 Å². The molecule has 1 atom stereocenters. The zero-order valence-corrected chi connectivity index (χ0v) is 6.68. The van der Waals surface area contributed by atoms with E-state index in [1.807, 2.05) is 20.8 Å². The van der Waals surface area contributed by atoms with Crippen molar-refractivity contribution in [2.75, 3.05) is 6.61 Å². The number of rotatable bonds is 0. The summed E-state index contributed by atoms with van der Waals surface area (Å²) < 4.78 is 0. The highest BCUT2D eigenvalue weighted by molar-refractivity contribution is 5.07. The number of hydrogen-bond acceptors (Lipinski definition) is 2. The summed E-state index contributed by atoms with van der Waals surface area (Å²) in [4.78, 5) is 0. The normalized spacial score (nSPS) is 13.7. The molecule has 0 aliphatic heterocycles. The maximum absolute atomic E-state index is 9.23. The Morgan fingerprint density at radius 2 is 1.90 bits per heavy atom.